The molecule has 0 amide bonds. The number of aromatic nitrogens is 2. The summed E-state index contributed by atoms with van der Waals surface area (Å²) in [4.78, 5) is 4.13. The Balaban J connectivity index is 1.89. The second-order valence-electron chi connectivity index (χ2n) is 4.04. The van der Waals surface area contributed by atoms with Gasteiger partial charge in [0, 0.05) is 6.42 Å². The van der Waals surface area contributed by atoms with Crippen LogP contribution in [0.4, 0.5) is 8.78 Å². The number of ether oxygens (including phenoxy) is 1. The Labute approximate surface area is 119 Å². The predicted molar refractivity (Wildman–Crippen MR) is 69.0 cm³/mol. The van der Waals surface area contributed by atoms with E-state index in [0.717, 1.165) is 5.56 Å². The zero-order valence-corrected chi connectivity index (χ0v) is 11.3. The molecule has 108 valence electrons. The van der Waals surface area contributed by atoms with E-state index in [9.17, 15) is 8.78 Å². The molecule has 0 fully saturated rings. The van der Waals surface area contributed by atoms with Crippen molar-refractivity contribution in [3.05, 3.63) is 47.6 Å². The van der Waals surface area contributed by atoms with Crippen molar-refractivity contribution >= 4 is 11.6 Å². The predicted octanol–water partition coefficient (Wildman–Crippen LogP) is 3.22. The lowest BCUT2D eigenvalue weighted by Crippen LogP contribution is -2.07. The van der Waals surface area contributed by atoms with Crippen LogP contribution in [0.15, 0.2) is 34.9 Å². The van der Waals surface area contributed by atoms with Crippen molar-refractivity contribution in [3.8, 4) is 0 Å². The van der Waals surface area contributed by atoms with Gasteiger partial charge < -0.3 is 9.26 Å². The number of halogens is 3. The lowest BCUT2D eigenvalue weighted by molar-refractivity contribution is 0.0182. The van der Waals surface area contributed by atoms with E-state index in [1.165, 1.54) is 0 Å². The fraction of sp³-hybridized carbons (Fsp3) is 0.385. The van der Waals surface area contributed by atoms with Gasteiger partial charge in [0.2, 0.25) is 5.89 Å². The molecule has 0 aliphatic heterocycles. The molecule has 0 saturated heterocycles. The summed E-state index contributed by atoms with van der Waals surface area (Å²) in [6, 6.07) is 9.31. The van der Waals surface area contributed by atoms with E-state index in [2.05, 4.69) is 10.1 Å². The summed E-state index contributed by atoms with van der Waals surface area (Å²) in [6.45, 7) is -0.478. The molecule has 1 heterocycles. The van der Waals surface area contributed by atoms with Crippen molar-refractivity contribution in [1.82, 2.24) is 10.1 Å². The standard InChI is InChI=1S/C13H13ClF2N2O2/c14-12(9-4-2-1-3-5-9)13-17-11(18-20-13)6-7-19-8-10(15)16/h1-5,10,12H,6-8H2. The monoisotopic (exact) mass is 302 g/mol. The lowest BCUT2D eigenvalue weighted by atomic mass is 10.1. The first-order chi connectivity index (χ1) is 9.66. The highest BCUT2D eigenvalue weighted by Gasteiger charge is 2.18. The van der Waals surface area contributed by atoms with Gasteiger partial charge >= 0.3 is 0 Å². The Morgan fingerprint density at radius 1 is 1.25 bits per heavy atom. The van der Waals surface area contributed by atoms with Gasteiger partial charge in [-0.05, 0) is 5.56 Å². The minimum absolute atomic E-state index is 0.113. The van der Waals surface area contributed by atoms with E-state index in [-0.39, 0.29) is 12.5 Å². The zero-order chi connectivity index (χ0) is 14.4. The zero-order valence-electron chi connectivity index (χ0n) is 10.5. The maximum atomic E-state index is 11.9. The van der Waals surface area contributed by atoms with Crippen LogP contribution in [0.25, 0.3) is 0 Å². The molecule has 20 heavy (non-hydrogen) atoms. The van der Waals surface area contributed by atoms with Gasteiger partial charge in [-0.25, -0.2) is 8.78 Å². The average molecular weight is 303 g/mol. The summed E-state index contributed by atoms with van der Waals surface area (Å²) in [6.07, 6.45) is -2.17. The van der Waals surface area contributed by atoms with E-state index in [1.807, 2.05) is 30.3 Å². The van der Waals surface area contributed by atoms with Gasteiger partial charge in [-0.3, -0.25) is 0 Å². The molecule has 1 atom stereocenters. The lowest BCUT2D eigenvalue weighted by Gasteiger charge is -2.03. The number of alkyl halides is 3. The molecule has 2 rings (SSSR count). The molecule has 0 aliphatic rings. The second kappa shape index (κ2) is 7.31. The molecular weight excluding hydrogens is 290 g/mol. The normalized spacial score (nSPS) is 12.8. The number of hydrogen-bond acceptors (Lipinski definition) is 4. The Bertz CT molecular complexity index is 522. The molecule has 0 aliphatic carbocycles. The van der Waals surface area contributed by atoms with E-state index in [1.54, 1.807) is 0 Å². The summed E-state index contributed by atoms with van der Waals surface area (Å²) in [5.41, 5.74) is 0.846. The van der Waals surface area contributed by atoms with Crippen LogP contribution in [0.2, 0.25) is 0 Å². The van der Waals surface area contributed by atoms with Crippen LogP contribution in [0.1, 0.15) is 22.7 Å². The van der Waals surface area contributed by atoms with Gasteiger partial charge in [0.05, 0.1) is 6.61 Å². The van der Waals surface area contributed by atoms with E-state index in [4.69, 9.17) is 20.9 Å². The Hall–Kier alpha value is -1.53. The maximum Gasteiger partial charge on any atom is 0.261 e. The quantitative estimate of drug-likeness (QED) is 0.582. The minimum Gasteiger partial charge on any atom is -0.375 e. The first-order valence-electron chi connectivity index (χ1n) is 6.04. The molecule has 0 bridgehead atoms. The Morgan fingerprint density at radius 2 is 2.00 bits per heavy atom. The van der Waals surface area contributed by atoms with Gasteiger partial charge in [-0.1, -0.05) is 35.5 Å². The van der Waals surface area contributed by atoms with Crippen molar-refractivity contribution in [2.45, 2.75) is 18.2 Å². The highest BCUT2D eigenvalue weighted by molar-refractivity contribution is 6.22. The van der Waals surface area contributed by atoms with E-state index in [0.29, 0.717) is 12.2 Å². The van der Waals surface area contributed by atoms with Crippen LogP contribution >= 0.6 is 11.6 Å². The van der Waals surface area contributed by atoms with Gasteiger partial charge in [-0.15, -0.1) is 11.6 Å². The van der Waals surface area contributed by atoms with Crippen molar-refractivity contribution < 1.29 is 18.0 Å². The van der Waals surface area contributed by atoms with Crippen molar-refractivity contribution in [2.75, 3.05) is 13.2 Å². The maximum absolute atomic E-state index is 11.9. The third-order valence-electron chi connectivity index (χ3n) is 2.51. The molecule has 0 radical (unpaired) electrons. The number of nitrogens with zero attached hydrogens (tertiary/aromatic N) is 2. The highest BCUT2D eigenvalue weighted by atomic mass is 35.5. The topological polar surface area (TPSA) is 48.2 Å². The summed E-state index contributed by atoms with van der Waals surface area (Å²) in [5, 5.41) is 3.21. The van der Waals surface area contributed by atoms with Crippen LogP contribution < -0.4 is 0 Å². The molecule has 1 aromatic heterocycles. The van der Waals surface area contributed by atoms with E-state index < -0.39 is 18.4 Å². The first kappa shape index (κ1) is 14.9. The number of hydrogen-bond donors (Lipinski definition) is 0. The molecule has 0 saturated carbocycles. The molecule has 0 N–H and O–H groups in total. The van der Waals surface area contributed by atoms with Crippen molar-refractivity contribution in [1.29, 1.82) is 0 Å². The van der Waals surface area contributed by atoms with E-state index >= 15 is 0 Å². The minimum atomic E-state index is -2.47. The van der Waals surface area contributed by atoms with Crippen LogP contribution in [0, 0.1) is 0 Å². The average Bonchev–Trinajstić information content (AvgIpc) is 2.92. The Kier molecular flexibility index (Phi) is 5.43. The van der Waals surface area contributed by atoms with Crippen molar-refractivity contribution in [2.24, 2.45) is 0 Å². The van der Waals surface area contributed by atoms with Crippen LogP contribution in [0.5, 0.6) is 0 Å². The Morgan fingerprint density at radius 3 is 2.70 bits per heavy atom. The second-order valence-corrected chi connectivity index (χ2v) is 4.47. The van der Waals surface area contributed by atoms with Crippen molar-refractivity contribution in [3.63, 3.8) is 0 Å². The smallest absolute Gasteiger partial charge is 0.261 e. The molecule has 0 spiro atoms. The number of rotatable bonds is 7. The molecular formula is C13H13ClF2N2O2. The summed E-state index contributed by atoms with van der Waals surface area (Å²) < 4.78 is 33.5. The largest absolute Gasteiger partial charge is 0.375 e. The van der Waals surface area contributed by atoms with Crippen LogP contribution in [-0.2, 0) is 11.2 Å². The molecule has 7 heteroatoms. The molecule has 1 aromatic carbocycles. The third kappa shape index (κ3) is 4.25. The van der Waals surface area contributed by atoms with Crippen LogP contribution in [-0.4, -0.2) is 29.8 Å². The van der Waals surface area contributed by atoms with Gasteiger partial charge in [-0.2, -0.15) is 4.98 Å². The number of benzene rings is 1. The highest BCUT2D eigenvalue weighted by Crippen LogP contribution is 2.26. The summed E-state index contributed by atoms with van der Waals surface area (Å²) in [5.74, 6) is 0.664. The molecule has 1 unspecified atom stereocenters. The van der Waals surface area contributed by atoms with Crippen LogP contribution in [0.3, 0.4) is 0 Å². The molecule has 4 nitrogen and oxygen atoms in total. The molecule has 2 aromatic rings. The van der Waals surface area contributed by atoms with Gasteiger partial charge in [0.25, 0.3) is 6.43 Å². The fourth-order valence-corrected chi connectivity index (χ4v) is 1.81. The summed E-state index contributed by atoms with van der Waals surface area (Å²) >= 11 is 6.22. The summed E-state index contributed by atoms with van der Waals surface area (Å²) in [7, 11) is 0. The van der Waals surface area contributed by atoms with Gasteiger partial charge in [0.1, 0.15) is 12.0 Å². The SMILES string of the molecule is FC(F)COCCc1noc(C(Cl)c2ccccc2)n1. The third-order valence-corrected chi connectivity index (χ3v) is 2.95. The van der Waals surface area contributed by atoms with Gasteiger partial charge in [0.15, 0.2) is 5.82 Å². The fourth-order valence-electron chi connectivity index (χ4n) is 1.57. The first-order valence-corrected chi connectivity index (χ1v) is 6.48.